The molecular weight excluding hydrogens is 151 g/mol. The van der Waals surface area contributed by atoms with E-state index in [1.165, 1.54) is 12.8 Å². The van der Waals surface area contributed by atoms with E-state index in [1.54, 1.807) is 0 Å². The van der Waals surface area contributed by atoms with Gasteiger partial charge < -0.3 is 14.9 Å². The number of piperidine rings is 1. The lowest BCUT2D eigenvalue weighted by molar-refractivity contribution is -0.105. The summed E-state index contributed by atoms with van der Waals surface area (Å²) in [5.74, 6) is 0. The zero-order chi connectivity index (χ0) is 8.44. The Morgan fingerprint density at radius 3 is 2.75 bits per heavy atom. The van der Waals surface area contributed by atoms with E-state index in [9.17, 15) is 0 Å². The van der Waals surface area contributed by atoms with E-state index >= 15 is 0 Å². The summed E-state index contributed by atoms with van der Waals surface area (Å²) in [4.78, 5) is 2.38. The molecule has 1 spiro atoms. The molecule has 0 unspecified atom stereocenters. The summed E-state index contributed by atoms with van der Waals surface area (Å²) in [6.07, 6.45) is 2.36. The number of ether oxygens (including phenoxy) is 1. The summed E-state index contributed by atoms with van der Waals surface area (Å²) in [7, 11) is 2.19. The summed E-state index contributed by atoms with van der Waals surface area (Å²) in [5, 5.41) is 3.37. The van der Waals surface area contributed by atoms with Crippen LogP contribution in [0.4, 0.5) is 0 Å². The fourth-order valence-electron chi connectivity index (χ4n) is 2.22. The highest BCUT2D eigenvalue weighted by Crippen LogP contribution is 2.26. The van der Waals surface area contributed by atoms with Gasteiger partial charge in [-0.25, -0.2) is 0 Å². The molecule has 12 heavy (non-hydrogen) atoms. The van der Waals surface area contributed by atoms with Gasteiger partial charge in [0.05, 0.1) is 12.2 Å². The molecule has 0 amide bonds. The van der Waals surface area contributed by atoms with Gasteiger partial charge in [-0.1, -0.05) is 0 Å². The summed E-state index contributed by atoms with van der Waals surface area (Å²) < 4.78 is 5.90. The molecule has 0 bridgehead atoms. The van der Waals surface area contributed by atoms with Crippen molar-refractivity contribution >= 4 is 7.98 Å². The minimum atomic E-state index is 0.193. The Morgan fingerprint density at radius 2 is 2.08 bits per heavy atom. The van der Waals surface area contributed by atoms with E-state index in [-0.39, 0.29) is 5.60 Å². The Bertz CT molecular complexity index is 154. The predicted octanol–water partition coefficient (Wildman–Crippen LogP) is -1.01. The summed E-state index contributed by atoms with van der Waals surface area (Å²) in [6, 6.07) is 0. The highest BCUT2D eigenvalue weighted by Gasteiger charge is 2.36. The van der Waals surface area contributed by atoms with Crippen LogP contribution in [0.1, 0.15) is 12.8 Å². The monoisotopic (exact) mass is 168 g/mol. The number of rotatable bonds is 0. The molecule has 4 heteroatoms. The fraction of sp³-hybridized carbons (Fsp3) is 1.00. The second kappa shape index (κ2) is 3.36. The maximum atomic E-state index is 5.90. The van der Waals surface area contributed by atoms with Crippen molar-refractivity contribution in [2.45, 2.75) is 18.4 Å². The maximum absolute atomic E-state index is 5.90. The molecule has 0 aromatic carbocycles. The third-order valence-electron chi connectivity index (χ3n) is 2.95. The first-order valence-corrected chi connectivity index (χ1v) is 4.84. The van der Waals surface area contributed by atoms with Crippen LogP contribution in [-0.2, 0) is 4.74 Å². The van der Waals surface area contributed by atoms with Gasteiger partial charge in [0.15, 0.2) is 7.98 Å². The van der Waals surface area contributed by atoms with Crippen LogP contribution < -0.4 is 5.32 Å². The molecule has 2 aliphatic rings. The summed E-state index contributed by atoms with van der Waals surface area (Å²) >= 11 is 0. The van der Waals surface area contributed by atoms with Crippen molar-refractivity contribution in [3.05, 3.63) is 0 Å². The standard InChI is InChI=1S/C8H17BN2O/c9-11-5-6-12-8(7-11)1-3-10-4-2-8/h10H,1-7,9H2. The second-order valence-electron chi connectivity index (χ2n) is 4.02. The van der Waals surface area contributed by atoms with Crippen molar-refractivity contribution < 1.29 is 4.74 Å². The van der Waals surface area contributed by atoms with E-state index in [2.05, 4.69) is 18.1 Å². The van der Waals surface area contributed by atoms with Gasteiger partial charge in [0.25, 0.3) is 0 Å². The quantitative estimate of drug-likeness (QED) is 0.469. The molecular formula is C8H17BN2O. The lowest BCUT2D eigenvalue weighted by Crippen LogP contribution is -2.55. The summed E-state index contributed by atoms with van der Waals surface area (Å²) in [6.45, 7) is 5.36. The molecule has 2 saturated heterocycles. The average molecular weight is 168 g/mol. The number of nitrogens with zero attached hydrogens (tertiary/aromatic N) is 1. The van der Waals surface area contributed by atoms with E-state index in [4.69, 9.17) is 4.74 Å². The minimum Gasteiger partial charge on any atom is -0.372 e. The number of morpholine rings is 1. The molecule has 0 aromatic rings. The van der Waals surface area contributed by atoms with Crippen molar-refractivity contribution in [2.75, 3.05) is 32.8 Å². The van der Waals surface area contributed by atoms with E-state index in [0.29, 0.717) is 0 Å². The Labute approximate surface area is 74.9 Å². The molecule has 68 valence electrons. The highest BCUT2D eigenvalue weighted by atomic mass is 16.5. The lowest BCUT2D eigenvalue weighted by Gasteiger charge is -2.44. The average Bonchev–Trinajstić information content (AvgIpc) is 2.05. The zero-order valence-corrected chi connectivity index (χ0v) is 7.81. The van der Waals surface area contributed by atoms with Crippen LogP contribution in [0.3, 0.4) is 0 Å². The second-order valence-corrected chi connectivity index (χ2v) is 4.02. The predicted molar refractivity (Wildman–Crippen MR) is 50.9 cm³/mol. The number of hydrogen-bond donors (Lipinski definition) is 1. The first-order chi connectivity index (χ1) is 5.81. The third kappa shape index (κ3) is 1.65. The molecule has 0 saturated carbocycles. The number of nitrogens with one attached hydrogen (secondary N) is 1. The van der Waals surface area contributed by atoms with Gasteiger partial charge in [0, 0.05) is 13.1 Å². The lowest BCUT2D eigenvalue weighted by atomic mass is 9.89. The van der Waals surface area contributed by atoms with Gasteiger partial charge in [-0.15, -0.1) is 0 Å². The SMILES string of the molecule is BN1CCOC2(CCNCC2)C1. The van der Waals surface area contributed by atoms with Crippen LogP contribution in [0.15, 0.2) is 0 Å². The Kier molecular flexibility index (Phi) is 2.39. The number of hydrogen-bond acceptors (Lipinski definition) is 3. The van der Waals surface area contributed by atoms with Crippen molar-refractivity contribution in [3.8, 4) is 0 Å². The van der Waals surface area contributed by atoms with Gasteiger partial charge in [0.1, 0.15) is 0 Å². The fourth-order valence-corrected chi connectivity index (χ4v) is 2.22. The first kappa shape index (κ1) is 8.54. The van der Waals surface area contributed by atoms with E-state index in [0.717, 1.165) is 32.8 Å². The summed E-state index contributed by atoms with van der Waals surface area (Å²) in [5.41, 5.74) is 0.193. The zero-order valence-electron chi connectivity index (χ0n) is 7.81. The molecule has 0 aliphatic carbocycles. The molecule has 0 atom stereocenters. The Hall–Kier alpha value is -0.0551. The molecule has 2 fully saturated rings. The molecule has 2 aliphatic heterocycles. The largest absolute Gasteiger partial charge is 0.372 e. The Morgan fingerprint density at radius 1 is 1.33 bits per heavy atom. The van der Waals surface area contributed by atoms with Gasteiger partial charge in [-0.3, -0.25) is 0 Å². The highest BCUT2D eigenvalue weighted by molar-refractivity contribution is 6.04. The van der Waals surface area contributed by atoms with E-state index < -0.39 is 0 Å². The van der Waals surface area contributed by atoms with Crippen molar-refractivity contribution in [3.63, 3.8) is 0 Å². The van der Waals surface area contributed by atoms with Crippen molar-refractivity contribution in [1.82, 2.24) is 10.1 Å². The van der Waals surface area contributed by atoms with Crippen LogP contribution in [0.25, 0.3) is 0 Å². The van der Waals surface area contributed by atoms with Crippen LogP contribution in [0.5, 0.6) is 0 Å². The van der Waals surface area contributed by atoms with Crippen LogP contribution >= 0.6 is 0 Å². The van der Waals surface area contributed by atoms with Crippen LogP contribution in [0.2, 0.25) is 0 Å². The molecule has 0 aromatic heterocycles. The third-order valence-corrected chi connectivity index (χ3v) is 2.95. The molecule has 1 N–H and O–H groups in total. The normalized spacial score (nSPS) is 30.7. The van der Waals surface area contributed by atoms with Gasteiger partial charge >= 0.3 is 0 Å². The van der Waals surface area contributed by atoms with Crippen LogP contribution in [-0.4, -0.2) is 51.2 Å². The van der Waals surface area contributed by atoms with Gasteiger partial charge in [0.2, 0.25) is 0 Å². The first-order valence-electron chi connectivity index (χ1n) is 4.84. The van der Waals surface area contributed by atoms with Crippen molar-refractivity contribution in [2.24, 2.45) is 0 Å². The maximum Gasteiger partial charge on any atom is 0.185 e. The Balaban J connectivity index is 1.97. The molecule has 2 heterocycles. The van der Waals surface area contributed by atoms with Gasteiger partial charge in [-0.05, 0) is 25.9 Å². The smallest absolute Gasteiger partial charge is 0.185 e. The van der Waals surface area contributed by atoms with Crippen LogP contribution in [0, 0.1) is 0 Å². The van der Waals surface area contributed by atoms with Crippen molar-refractivity contribution in [1.29, 1.82) is 0 Å². The molecule has 2 rings (SSSR count). The molecule has 0 radical (unpaired) electrons. The van der Waals surface area contributed by atoms with Gasteiger partial charge in [-0.2, -0.15) is 0 Å². The molecule has 3 nitrogen and oxygen atoms in total. The topological polar surface area (TPSA) is 24.5 Å². The van der Waals surface area contributed by atoms with E-state index in [1.807, 2.05) is 0 Å². The minimum absolute atomic E-state index is 0.193.